The quantitative estimate of drug-likeness (QED) is 0.756. The first kappa shape index (κ1) is 11.4. The van der Waals surface area contributed by atoms with Crippen molar-refractivity contribution in [3.05, 3.63) is 17.5 Å². The molecule has 14 heavy (non-hydrogen) atoms. The lowest BCUT2D eigenvalue weighted by atomic mass is 10.3. The van der Waals surface area contributed by atoms with Crippen LogP contribution < -0.4 is 0 Å². The Hall–Kier alpha value is -0.690. The van der Waals surface area contributed by atoms with Crippen molar-refractivity contribution in [3.8, 4) is 0 Å². The molecule has 4 nitrogen and oxygen atoms in total. The van der Waals surface area contributed by atoms with Gasteiger partial charge in [0.1, 0.15) is 5.69 Å². The fraction of sp³-hybridized carbons (Fsp3) is 0.500. The fourth-order valence-electron chi connectivity index (χ4n) is 1.04. The van der Waals surface area contributed by atoms with Gasteiger partial charge in [-0.25, -0.2) is 17.2 Å². The van der Waals surface area contributed by atoms with Crippen molar-refractivity contribution in [3.63, 3.8) is 0 Å². The molecular weight excluding hydrogens is 238 g/mol. The van der Waals surface area contributed by atoms with Crippen molar-refractivity contribution >= 4 is 19.7 Å². The van der Waals surface area contributed by atoms with Gasteiger partial charge in [-0.1, -0.05) is 0 Å². The topological polar surface area (TPSA) is 52.0 Å². The van der Waals surface area contributed by atoms with Crippen LogP contribution in [0.25, 0.3) is 0 Å². The third-order valence-corrected chi connectivity index (χ3v) is 2.45. The van der Waals surface area contributed by atoms with Crippen LogP contribution in [-0.2, 0) is 21.9 Å². The molecule has 8 heteroatoms. The Balaban J connectivity index is 3.08. The first-order chi connectivity index (χ1) is 6.29. The summed E-state index contributed by atoms with van der Waals surface area (Å²) in [7, 11) is 2.54. The summed E-state index contributed by atoms with van der Waals surface area (Å²) in [6.07, 6.45) is -1.59. The summed E-state index contributed by atoms with van der Waals surface area (Å²) in [5, 5.41) is 3.44. The Bertz CT molecular complexity index is 429. The van der Waals surface area contributed by atoms with E-state index in [2.05, 4.69) is 5.10 Å². The maximum atomic E-state index is 12.3. The van der Waals surface area contributed by atoms with Crippen LogP contribution in [0.5, 0.6) is 0 Å². The lowest BCUT2D eigenvalue weighted by Crippen LogP contribution is -1.98. The zero-order valence-electron chi connectivity index (χ0n) is 7.11. The van der Waals surface area contributed by atoms with Crippen LogP contribution in [0.15, 0.2) is 6.20 Å². The number of rotatable bonds is 3. The molecule has 1 aromatic rings. The summed E-state index contributed by atoms with van der Waals surface area (Å²) >= 11 is 0. The Morgan fingerprint density at radius 3 is 2.64 bits per heavy atom. The van der Waals surface area contributed by atoms with Crippen LogP contribution in [0.3, 0.4) is 0 Å². The minimum absolute atomic E-state index is 0.0718. The van der Waals surface area contributed by atoms with Gasteiger partial charge in [-0.2, -0.15) is 5.10 Å². The third-order valence-electron chi connectivity index (χ3n) is 1.47. The average molecular weight is 245 g/mol. The number of halogens is 3. The highest BCUT2D eigenvalue weighted by Gasteiger charge is 2.20. The molecule has 1 heterocycles. The molecule has 0 radical (unpaired) electrons. The van der Waals surface area contributed by atoms with Crippen molar-refractivity contribution in [2.75, 3.05) is 0 Å². The van der Waals surface area contributed by atoms with Gasteiger partial charge in [0.2, 0.25) is 9.05 Å². The zero-order valence-corrected chi connectivity index (χ0v) is 8.69. The molecule has 1 rings (SSSR count). The predicted octanol–water partition coefficient (Wildman–Crippen LogP) is 1.43. The molecular formula is C6H7ClF2N2O2S. The molecule has 80 valence electrons. The van der Waals surface area contributed by atoms with Gasteiger partial charge in [0.25, 0.3) is 6.43 Å². The van der Waals surface area contributed by atoms with Crippen molar-refractivity contribution < 1.29 is 17.2 Å². The van der Waals surface area contributed by atoms with Gasteiger partial charge >= 0.3 is 0 Å². The van der Waals surface area contributed by atoms with Crippen LogP contribution in [-0.4, -0.2) is 18.2 Å². The molecule has 0 unspecified atom stereocenters. The van der Waals surface area contributed by atoms with E-state index in [0.29, 0.717) is 0 Å². The first-order valence-corrected chi connectivity index (χ1v) is 6.00. The summed E-state index contributed by atoms with van der Waals surface area (Å²) in [6, 6.07) is 0. The van der Waals surface area contributed by atoms with Gasteiger partial charge in [-0.3, -0.25) is 4.68 Å². The van der Waals surface area contributed by atoms with E-state index in [1.165, 1.54) is 13.2 Å². The van der Waals surface area contributed by atoms with Crippen LogP contribution in [0.4, 0.5) is 8.78 Å². The van der Waals surface area contributed by atoms with Crippen molar-refractivity contribution in [1.82, 2.24) is 9.78 Å². The van der Waals surface area contributed by atoms with E-state index in [1.54, 1.807) is 0 Å². The highest BCUT2D eigenvalue weighted by Crippen LogP contribution is 2.23. The molecule has 0 atom stereocenters. The van der Waals surface area contributed by atoms with Crippen LogP contribution in [0.1, 0.15) is 17.7 Å². The van der Waals surface area contributed by atoms with Crippen LogP contribution in [0.2, 0.25) is 0 Å². The molecule has 0 spiro atoms. The number of aryl methyl sites for hydroxylation is 1. The Labute approximate surface area is 83.9 Å². The molecule has 0 fully saturated rings. The molecule has 0 aliphatic heterocycles. The van der Waals surface area contributed by atoms with Crippen molar-refractivity contribution in [2.24, 2.45) is 7.05 Å². The lowest BCUT2D eigenvalue weighted by molar-refractivity contribution is 0.144. The van der Waals surface area contributed by atoms with E-state index < -0.39 is 26.9 Å². The average Bonchev–Trinajstić information content (AvgIpc) is 2.27. The summed E-state index contributed by atoms with van der Waals surface area (Å²) in [6.45, 7) is 0. The Kier molecular flexibility index (Phi) is 3.10. The van der Waals surface area contributed by atoms with Gasteiger partial charge in [0.05, 0.1) is 5.75 Å². The fourth-order valence-corrected chi connectivity index (χ4v) is 1.98. The maximum absolute atomic E-state index is 12.3. The molecule has 0 aliphatic rings. The smallest absolute Gasteiger partial charge is 0.275 e. The van der Waals surface area contributed by atoms with Gasteiger partial charge in [-0.15, -0.1) is 0 Å². The molecule has 0 saturated carbocycles. The summed E-state index contributed by atoms with van der Waals surface area (Å²) in [5.41, 5.74) is -0.616. The minimum Gasteiger partial charge on any atom is -0.275 e. The second-order valence-corrected chi connectivity index (χ2v) is 5.47. The Morgan fingerprint density at radius 1 is 1.64 bits per heavy atom. The van der Waals surface area contributed by atoms with Gasteiger partial charge in [-0.05, 0) is 0 Å². The van der Waals surface area contributed by atoms with Crippen LogP contribution >= 0.6 is 10.7 Å². The lowest BCUT2D eigenvalue weighted by Gasteiger charge is -1.97. The van der Waals surface area contributed by atoms with Crippen molar-refractivity contribution in [1.29, 1.82) is 0 Å². The molecule has 0 N–H and O–H groups in total. The second kappa shape index (κ2) is 3.82. The summed E-state index contributed by atoms with van der Waals surface area (Å²) in [4.78, 5) is 0. The standard InChI is InChI=1S/C6H7ClF2N2O2S/c1-11-2-4(3-14(7,12)13)5(10-11)6(8)9/h2,6H,3H2,1H3. The van der Waals surface area contributed by atoms with E-state index in [0.717, 1.165) is 4.68 Å². The molecule has 0 amide bonds. The number of aromatic nitrogens is 2. The van der Waals surface area contributed by atoms with E-state index in [4.69, 9.17) is 10.7 Å². The second-order valence-electron chi connectivity index (χ2n) is 2.70. The molecule has 0 aromatic carbocycles. The van der Waals surface area contributed by atoms with Crippen LogP contribution in [0, 0.1) is 0 Å². The zero-order chi connectivity index (χ0) is 10.9. The maximum Gasteiger partial charge on any atom is 0.282 e. The predicted molar refractivity (Wildman–Crippen MR) is 46.6 cm³/mol. The minimum atomic E-state index is -3.83. The van der Waals surface area contributed by atoms with E-state index >= 15 is 0 Å². The number of alkyl halides is 2. The largest absolute Gasteiger partial charge is 0.282 e. The molecule has 1 aromatic heterocycles. The van der Waals surface area contributed by atoms with E-state index in [9.17, 15) is 17.2 Å². The van der Waals surface area contributed by atoms with Crippen molar-refractivity contribution in [2.45, 2.75) is 12.2 Å². The normalized spacial score (nSPS) is 12.4. The first-order valence-electron chi connectivity index (χ1n) is 3.52. The molecule has 0 bridgehead atoms. The van der Waals surface area contributed by atoms with Gasteiger partial charge in [0, 0.05) is 29.5 Å². The summed E-state index contributed by atoms with van der Waals surface area (Å²) < 4.78 is 47.1. The number of hydrogen-bond acceptors (Lipinski definition) is 3. The highest BCUT2D eigenvalue weighted by atomic mass is 35.7. The third kappa shape index (κ3) is 2.91. The number of hydrogen-bond donors (Lipinski definition) is 0. The van der Waals surface area contributed by atoms with Gasteiger partial charge in [0.15, 0.2) is 0 Å². The summed E-state index contributed by atoms with van der Waals surface area (Å²) in [5.74, 6) is -0.637. The Morgan fingerprint density at radius 2 is 2.21 bits per heavy atom. The SMILES string of the molecule is Cn1cc(CS(=O)(=O)Cl)c(C(F)F)n1. The van der Waals surface area contributed by atoms with E-state index in [1.807, 2.05) is 0 Å². The van der Waals surface area contributed by atoms with E-state index in [-0.39, 0.29) is 5.56 Å². The van der Waals surface area contributed by atoms with Gasteiger partial charge < -0.3 is 0 Å². The molecule has 0 saturated heterocycles. The monoisotopic (exact) mass is 244 g/mol. The molecule has 0 aliphatic carbocycles. The highest BCUT2D eigenvalue weighted by molar-refractivity contribution is 8.13. The number of nitrogens with zero attached hydrogens (tertiary/aromatic N) is 2.